The van der Waals surface area contributed by atoms with E-state index in [4.69, 9.17) is 0 Å². The van der Waals surface area contributed by atoms with Crippen molar-refractivity contribution in [2.75, 3.05) is 0 Å². The Morgan fingerprint density at radius 3 is 2.34 bits per heavy atom. The number of hydrogen-bond donors (Lipinski definition) is 1. The van der Waals surface area contributed by atoms with Crippen LogP contribution in [0.5, 0.6) is 5.75 Å². The van der Waals surface area contributed by atoms with E-state index in [0.29, 0.717) is 21.7 Å². The number of alkyl halides is 3. The molecule has 1 aromatic heterocycles. The Balaban J connectivity index is 1.76. The van der Waals surface area contributed by atoms with E-state index in [1.807, 2.05) is 0 Å². The van der Waals surface area contributed by atoms with Crippen molar-refractivity contribution in [3.63, 3.8) is 0 Å². The van der Waals surface area contributed by atoms with Crippen LogP contribution in [0.1, 0.15) is 11.3 Å². The fraction of sp³-hybridized carbons (Fsp3) is 0.0417. The highest BCUT2D eigenvalue weighted by Crippen LogP contribution is 2.35. The fourth-order valence-corrected chi connectivity index (χ4v) is 3.85. The second-order valence-corrected chi connectivity index (χ2v) is 8.15. The third kappa shape index (κ3) is 6.01. The summed E-state index contributed by atoms with van der Waals surface area (Å²) in [7, 11) is 0. The highest BCUT2D eigenvalue weighted by molar-refractivity contribution is 7.99. The van der Waals surface area contributed by atoms with Crippen LogP contribution in [0, 0.1) is 10.1 Å². The lowest BCUT2D eigenvalue weighted by Crippen LogP contribution is -2.10. The number of benzene rings is 3. The zero-order valence-electron chi connectivity index (χ0n) is 17.7. The van der Waals surface area contributed by atoms with E-state index in [-0.39, 0.29) is 22.3 Å². The molecule has 0 saturated heterocycles. The van der Waals surface area contributed by atoms with E-state index in [9.17, 15) is 28.4 Å². The maximum Gasteiger partial charge on any atom is 0.433 e. The molecule has 0 amide bonds. The van der Waals surface area contributed by atoms with Gasteiger partial charge in [0.25, 0.3) is 5.69 Å². The van der Waals surface area contributed by atoms with E-state index in [1.54, 1.807) is 30.3 Å². The van der Waals surface area contributed by atoms with Gasteiger partial charge in [-0.1, -0.05) is 30.3 Å². The number of non-ortho nitro benzene ring substituents is 1. The van der Waals surface area contributed by atoms with Gasteiger partial charge in [0, 0.05) is 34.4 Å². The van der Waals surface area contributed by atoms with Gasteiger partial charge in [0.05, 0.1) is 16.3 Å². The standard InChI is InChI=1S/C24H15F3N4O3S/c25-24(26,27)22-13-20(15-4-2-1-3-5-15)29-23(30-22)35-21-11-8-18(31(33)34)12-16(21)14-28-17-6-9-19(32)10-7-17/h1-14,32H. The second kappa shape index (κ2) is 9.94. The molecule has 176 valence electrons. The van der Waals surface area contributed by atoms with Crippen LogP contribution in [0.4, 0.5) is 24.5 Å². The zero-order chi connectivity index (χ0) is 25.0. The van der Waals surface area contributed by atoms with Crippen LogP contribution in [0.3, 0.4) is 0 Å². The summed E-state index contributed by atoms with van der Waals surface area (Å²) in [5.74, 6) is 0.0476. The van der Waals surface area contributed by atoms with Crippen LogP contribution in [0.15, 0.2) is 93.9 Å². The molecule has 11 heteroatoms. The molecule has 0 aliphatic carbocycles. The minimum atomic E-state index is -4.69. The van der Waals surface area contributed by atoms with Gasteiger partial charge in [0.15, 0.2) is 5.16 Å². The van der Waals surface area contributed by atoms with Gasteiger partial charge in [-0.25, -0.2) is 9.97 Å². The average Bonchev–Trinajstić information content (AvgIpc) is 2.84. The van der Waals surface area contributed by atoms with Crippen LogP contribution >= 0.6 is 11.8 Å². The van der Waals surface area contributed by atoms with Gasteiger partial charge < -0.3 is 5.11 Å². The third-order valence-electron chi connectivity index (χ3n) is 4.67. The quantitative estimate of drug-likeness (QED) is 0.138. The van der Waals surface area contributed by atoms with Crippen LogP contribution in [-0.2, 0) is 6.18 Å². The summed E-state index contributed by atoms with van der Waals surface area (Å²) in [6.07, 6.45) is -3.34. The fourth-order valence-electron chi connectivity index (χ4n) is 3.00. The van der Waals surface area contributed by atoms with Crippen molar-refractivity contribution < 1.29 is 23.2 Å². The van der Waals surface area contributed by atoms with Gasteiger partial charge in [0.1, 0.15) is 11.4 Å². The van der Waals surface area contributed by atoms with Crippen LogP contribution in [0.25, 0.3) is 11.3 Å². The molecular weight excluding hydrogens is 481 g/mol. The second-order valence-electron chi connectivity index (χ2n) is 7.14. The summed E-state index contributed by atoms with van der Waals surface area (Å²) >= 11 is 0.835. The number of rotatable bonds is 6. The normalized spacial score (nSPS) is 11.6. The third-order valence-corrected chi connectivity index (χ3v) is 5.63. The molecule has 0 aliphatic rings. The van der Waals surface area contributed by atoms with Crippen molar-refractivity contribution in [3.8, 4) is 17.0 Å². The first kappa shape index (κ1) is 23.9. The van der Waals surface area contributed by atoms with Gasteiger partial charge in [0.2, 0.25) is 0 Å². The highest BCUT2D eigenvalue weighted by atomic mass is 32.2. The number of nitrogens with zero attached hydrogens (tertiary/aromatic N) is 4. The number of nitro benzene ring substituents is 1. The minimum absolute atomic E-state index is 0.0476. The van der Waals surface area contributed by atoms with Crippen molar-refractivity contribution in [2.45, 2.75) is 16.2 Å². The number of nitro groups is 1. The molecule has 4 rings (SSSR count). The van der Waals surface area contributed by atoms with Crippen molar-refractivity contribution >= 4 is 29.4 Å². The first-order valence-corrected chi connectivity index (χ1v) is 10.8. The summed E-state index contributed by atoms with van der Waals surface area (Å²) < 4.78 is 40.6. The van der Waals surface area contributed by atoms with E-state index in [1.165, 1.54) is 48.7 Å². The summed E-state index contributed by atoms with van der Waals surface area (Å²) in [6.45, 7) is 0. The number of aliphatic imine (C=N–C) groups is 1. The van der Waals surface area contributed by atoms with Crippen LogP contribution < -0.4 is 0 Å². The van der Waals surface area contributed by atoms with Gasteiger partial charge in [-0.15, -0.1) is 0 Å². The lowest BCUT2D eigenvalue weighted by Gasteiger charge is -2.11. The molecule has 0 unspecified atom stereocenters. The lowest BCUT2D eigenvalue weighted by atomic mass is 10.1. The summed E-state index contributed by atoms with van der Waals surface area (Å²) in [5, 5.41) is 20.5. The first-order valence-electron chi connectivity index (χ1n) is 10.00. The first-order chi connectivity index (χ1) is 16.7. The number of halogens is 3. The average molecular weight is 496 g/mol. The number of phenols is 1. The topological polar surface area (TPSA) is 102 Å². The van der Waals surface area contributed by atoms with Crippen LogP contribution in [-0.4, -0.2) is 26.2 Å². The van der Waals surface area contributed by atoms with Crippen molar-refractivity contribution in [1.29, 1.82) is 0 Å². The molecule has 0 atom stereocenters. The number of hydrogen-bond acceptors (Lipinski definition) is 7. The molecule has 35 heavy (non-hydrogen) atoms. The van der Waals surface area contributed by atoms with Crippen LogP contribution in [0.2, 0.25) is 0 Å². The molecule has 3 aromatic carbocycles. The van der Waals surface area contributed by atoms with E-state index in [2.05, 4.69) is 15.0 Å². The predicted molar refractivity (Wildman–Crippen MR) is 125 cm³/mol. The molecule has 1 heterocycles. The van der Waals surface area contributed by atoms with Crippen molar-refractivity contribution in [2.24, 2.45) is 4.99 Å². The maximum atomic E-state index is 13.5. The Labute approximate surface area is 201 Å². The molecule has 0 fully saturated rings. The molecule has 1 N–H and O–H groups in total. The Hall–Kier alpha value is -4.25. The van der Waals surface area contributed by atoms with E-state index in [0.717, 1.165) is 17.8 Å². The van der Waals surface area contributed by atoms with Gasteiger partial charge >= 0.3 is 6.18 Å². The SMILES string of the molecule is O=[N+]([O-])c1ccc(Sc2nc(-c3ccccc3)cc(C(F)(F)F)n2)c(C=Nc2ccc(O)cc2)c1. The molecular formula is C24H15F3N4O3S. The van der Waals surface area contributed by atoms with E-state index < -0.39 is 16.8 Å². The Morgan fingerprint density at radius 2 is 1.69 bits per heavy atom. The Morgan fingerprint density at radius 1 is 0.971 bits per heavy atom. The minimum Gasteiger partial charge on any atom is -0.508 e. The highest BCUT2D eigenvalue weighted by Gasteiger charge is 2.34. The molecule has 4 aromatic rings. The molecule has 7 nitrogen and oxygen atoms in total. The largest absolute Gasteiger partial charge is 0.508 e. The molecule has 0 radical (unpaired) electrons. The molecule has 0 bridgehead atoms. The Kier molecular flexibility index (Phi) is 6.78. The van der Waals surface area contributed by atoms with Gasteiger partial charge in [-0.05, 0) is 48.2 Å². The van der Waals surface area contributed by atoms with Crippen molar-refractivity contribution in [1.82, 2.24) is 9.97 Å². The summed E-state index contributed by atoms with van der Waals surface area (Å²) in [4.78, 5) is 23.3. The summed E-state index contributed by atoms with van der Waals surface area (Å²) in [5.41, 5.74) is 0.0229. The summed E-state index contributed by atoms with van der Waals surface area (Å²) in [6, 6.07) is 19.1. The van der Waals surface area contributed by atoms with Crippen molar-refractivity contribution in [3.05, 3.63) is 100 Å². The zero-order valence-corrected chi connectivity index (χ0v) is 18.5. The maximum absolute atomic E-state index is 13.5. The number of phenolic OH excluding ortho intramolecular Hbond substituents is 1. The molecule has 0 aliphatic heterocycles. The van der Waals surface area contributed by atoms with Gasteiger partial charge in [-0.2, -0.15) is 13.2 Å². The van der Waals surface area contributed by atoms with Gasteiger partial charge in [-0.3, -0.25) is 15.1 Å². The lowest BCUT2D eigenvalue weighted by molar-refractivity contribution is -0.384. The molecule has 0 spiro atoms. The predicted octanol–water partition coefficient (Wildman–Crippen LogP) is 6.68. The number of aromatic hydroxyl groups is 1. The van der Waals surface area contributed by atoms with E-state index >= 15 is 0 Å². The smallest absolute Gasteiger partial charge is 0.433 e. The monoisotopic (exact) mass is 496 g/mol. The number of aromatic nitrogens is 2. The Bertz CT molecular complexity index is 1400. The molecule has 0 saturated carbocycles.